The van der Waals surface area contributed by atoms with Crippen LogP contribution < -0.4 is 5.32 Å². The van der Waals surface area contributed by atoms with E-state index in [0.717, 1.165) is 11.6 Å². The van der Waals surface area contributed by atoms with E-state index < -0.39 is 10.7 Å². The zero-order chi connectivity index (χ0) is 14.3. The number of nitrogens with one attached hydrogen (secondary N) is 1. The zero-order valence-corrected chi connectivity index (χ0v) is 10.8. The Labute approximate surface area is 111 Å². The van der Waals surface area contributed by atoms with Gasteiger partial charge in [-0.2, -0.15) is 0 Å². The van der Waals surface area contributed by atoms with Crippen LogP contribution in [0.5, 0.6) is 0 Å². The van der Waals surface area contributed by atoms with Crippen LogP contribution in [0.2, 0.25) is 0 Å². The van der Waals surface area contributed by atoms with Crippen molar-refractivity contribution >= 4 is 5.69 Å². The first-order chi connectivity index (χ1) is 9.00. The molecular formula is C13H17FN2O3. The third-order valence-corrected chi connectivity index (χ3v) is 2.33. The number of hydrogen-bond acceptors (Lipinski definition) is 4. The van der Waals surface area contributed by atoms with E-state index in [0.29, 0.717) is 25.3 Å². The molecule has 0 atom stereocenters. The molecule has 0 aliphatic rings. The van der Waals surface area contributed by atoms with Gasteiger partial charge < -0.3 is 10.1 Å². The lowest BCUT2D eigenvalue weighted by atomic mass is 10.1. The first-order valence-corrected chi connectivity index (χ1v) is 5.86. The number of benzene rings is 1. The van der Waals surface area contributed by atoms with E-state index in [1.54, 1.807) is 0 Å². The molecule has 1 N–H and O–H groups in total. The third kappa shape index (κ3) is 5.58. The normalized spacial score (nSPS) is 10.4. The Kier molecular flexibility index (Phi) is 6.11. The zero-order valence-electron chi connectivity index (χ0n) is 10.8. The fraction of sp³-hybridized carbons (Fsp3) is 0.385. The molecule has 0 saturated carbocycles. The monoisotopic (exact) mass is 268 g/mol. The molecule has 6 heteroatoms. The van der Waals surface area contributed by atoms with Crippen LogP contribution in [0.3, 0.4) is 0 Å². The number of nitro benzene ring substituents is 1. The Balaban J connectivity index is 2.42. The second-order valence-electron chi connectivity index (χ2n) is 4.22. The van der Waals surface area contributed by atoms with Crippen LogP contribution in [-0.2, 0) is 11.3 Å². The number of rotatable bonds is 8. The highest BCUT2D eigenvalue weighted by Gasteiger charge is 2.13. The molecule has 0 fully saturated rings. The summed E-state index contributed by atoms with van der Waals surface area (Å²) in [5, 5.41) is 13.7. The van der Waals surface area contributed by atoms with Gasteiger partial charge in [0.05, 0.1) is 18.1 Å². The van der Waals surface area contributed by atoms with Crippen molar-refractivity contribution in [2.24, 2.45) is 0 Å². The lowest BCUT2D eigenvalue weighted by Crippen LogP contribution is -2.20. The van der Waals surface area contributed by atoms with Gasteiger partial charge in [0.2, 0.25) is 0 Å². The highest BCUT2D eigenvalue weighted by Crippen LogP contribution is 2.19. The Hall–Kier alpha value is -1.79. The van der Waals surface area contributed by atoms with Gasteiger partial charge in [0.25, 0.3) is 5.69 Å². The van der Waals surface area contributed by atoms with E-state index in [9.17, 15) is 14.5 Å². The molecule has 1 aromatic carbocycles. The van der Waals surface area contributed by atoms with Crippen LogP contribution in [-0.4, -0.2) is 24.7 Å². The van der Waals surface area contributed by atoms with Crippen molar-refractivity contribution in [2.45, 2.75) is 13.5 Å². The summed E-state index contributed by atoms with van der Waals surface area (Å²) in [5.41, 5.74) is 1.17. The van der Waals surface area contributed by atoms with Crippen LogP contribution in [0.15, 0.2) is 30.4 Å². The minimum Gasteiger partial charge on any atom is -0.376 e. The second-order valence-corrected chi connectivity index (χ2v) is 4.22. The average molecular weight is 268 g/mol. The highest BCUT2D eigenvalue weighted by atomic mass is 19.1. The highest BCUT2D eigenvalue weighted by molar-refractivity contribution is 5.40. The average Bonchev–Trinajstić information content (AvgIpc) is 2.33. The minimum atomic E-state index is -0.520. The van der Waals surface area contributed by atoms with Crippen LogP contribution >= 0.6 is 0 Å². The van der Waals surface area contributed by atoms with E-state index in [2.05, 4.69) is 11.9 Å². The van der Waals surface area contributed by atoms with Crippen molar-refractivity contribution in [3.63, 3.8) is 0 Å². The standard InChI is InChI=1S/C13H17FN2O3/c1-10(2)9-19-6-5-15-8-11-7-12(14)3-4-13(11)16(17)18/h3-4,7,15H,1,5-6,8-9H2,2H3. The van der Waals surface area contributed by atoms with Gasteiger partial charge in [-0.15, -0.1) is 0 Å². The Bertz CT molecular complexity index is 463. The van der Waals surface area contributed by atoms with Gasteiger partial charge in [0.1, 0.15) is 5.82 Å². The summed E-state index contributed by atoms with van der Waals surface area (Å²) in [6.07, 6.45) is 0. The predicted octanol–water partition coefficient (Wildman–Crippen LogP) is 2.42. The number of nitro groups is 1. The van der Waals surface area contributed by atoms with Crippen molar-refractivity contribution in [3.8, 4) is 0 Å². The second kappa shape index (κ2) is 7.60. The van der Waals surface area contributed by atoms with Gasteiger partial charge in [0, 0.05) is 24.7 Å². The fourth-order valence-electron chi connectivity index (χ4n) is 1.49. The summed E-state index contributed by atoms with van der Waals surface area (Å²) < 4.78 is 18.3. The van der Waals surface area contributed by atoms with E-state index in [4.69, 9.17) is 4.74 Å². The molecule has 0 aromatic heterocycles. The predicted molar refractivity (Wildman–Crippen MR) is 70.4 cm³/mol. The molecule has 1 rings (SSSR count). The topological polar surface area (TPSA) is 64.4 Å². The van der Waals surface area contributed by atoms with Gasteiger partial charge in [-0.1, -0.05) is 12.2 Å². The molecule has 0 spiro atoms. The van der Waals surface area contributed by atoms with Crippen molar-refractivity contribution in [1.82, 2.24) is 5.32 Å². The molecule has 0 unspecified atom stereocenters. The molecule has 0 aliphatic heterocycles. The molecule has 0 heterocycles. The first kappa shape index (κ1) is 15.3. The van der Waals surface area contributed by atoms with Crippen LogP contribution in [0, 0.1) is 15.9 Å². The fourth-order valence-corrected chi connectivity index (χ4v) is 1.49. The largest absolute Gasteiger partial charge is 0.376 e. The van der Waals surface area contributed by atoms with Gasteiger partial charge >= 0.3 is 0 Å². The van der Waals surface area contributed by atoms with E-state index in [1.807, 2.05) is 6.92 Å². The van der Waals surface area contributed by atoms with Crippen molar-refractivity contribution in [3.05, 3.63) is 51.8 Å². The Morgan fingerprint density at radius 3 is 2.95 bits per heavy atom. The molecule has 5 nitrogen and oxygen atoms in total. The molecule has 1 aromatic rings. The maximum Gasteiger partial charge on any atom is 0.274 e. The first-order valence-electron chi connectivity index (χ1n) is 5.86. The summed E-state index contributed by atoms with van der Waals surface area (Å²) in [6.45, 7) is 7.28. The van der Waals surface area contributed by atoms with E-state index in [1.165, 1.54) is 12.1 Å². The third-order valence-electron chi connectivity index (χ3n) is 2.33. The maximum atomic E-state index is 13.0. The molecule has 0 bridgehead atoms. The number of ether oxygens (including phenoxy) is 1. The van der Waals surface area contributed by atoms with E-state index in [-0.39, 0.29) is 12.2 Å². The van der Waals surface area contributed by atoms with Gasteiger partial charge in [-0.05, 0) is 19.1 Å². The summed E-state index contributed by atoms with van der Waals surface area (Å²) in [7, 11) is 0. The summed E-state index contributed by atoms with van der Waals surface area (Å²) in [4.78, 5) is 10.2. The van der Waals surface area contributed by atoms with Crippen molar-refractivity contribution in [2.75, 3.05) is 19.8 Å². The molecular weight excluding hydrogens is 251 g/mol. The Morgan fingerprint density at radius 2 is 2.32 bits per heavy atom. The van der Waals surface area contributed by atoms with Crippen molar-refractivity contribution in [1.29, 1.82) is 0 Å². The number of hydrogen-bond donors (Lipinski definition) is 1. The number of halogens is 1. The summed E-state index contributed by atoms with van der Waals surface area (Å²) in [6, 6.07) is 3.42. The number of nitrogens with zero attached hydrogens (tertiary/aromatic N) is 1. The van der Waals surface area contributed by atoms with Crippen LogP contribution in [0.1, 0.15) is 12.5 Å². The minimum absolute atomic E-state index is 0.0863. The van der Waals surface area contributed by atoms with Gasteiger partial charge in [-0.25, -0.2) is 4.39 Å². The lowest BCUT2D eigenvalue weighted by Gasteiger charge is -2.07. The molecule has 104 valence electrons. The quantitative estimate of drug-likeness (QED) is 0.340. The molecule has 0 saturated heterocycles. The molecule has 19 heavy (non-hydrogen) atoms. The van der Waals surface area contributed by atoms with Gasteiger partial charge in [0.15, 0.2) is 0 Å². The SMILES string of the molecule is C=C(C)COCCNCc1cc(F)ccc1[N+](=O)[O-]. The van der Waals surface area contributed by atoms with Crippen LogP contribution in [0.25, 0.3) is 0 Å². The smallest absolute Gasteiger partial charge is 0.274 e. The molecule has 0 radical (unpaired) electrons. The maximum absolute atomic E-state index is 13.0. The van der Waals surface area contributed by atoms with Crippen molar-refractivity contribution < 1.29 is 14.1 Å². The molecule has 0 aliphatic carbocycles. The summed E-state index contributed by atoms with van der Waals surface area (Å²) >= 11 is 0. The van der Waals surface area contributed by atoms with E-state index >= 15 is 0 Å². The van der Waals surface area contributed by atoms with Crippen LogP contribution in [0.4, 0.5) is 10.1 Å². The van der Waals surface area contributed by atoms with Gasteiger partial charge in [-0.3, -0.25) is 10.1 Å². The Morgan fingerprint density at radius 1 is 1.58 bits per heavy atom. The lowest BCUT2D eigenvalue weighted by molar-refractivity contribution is -0.385. The summed E-state index contributed by atoms with van der Waals surface area (Å²) in [5.74, 6) is -0.485. The molecule has 0 amide bonds.